The number of methoxy groups -OCH3 is 1. The highest BCUT2D eigenvalue weighted by atomic mass is 16.5. The molecule has 4 heteroatoms. The van der Waals surface area contributed by atoms with Gasteiger partial charge >= 0.3 is 5.97 Å². The van der Waals surface area contributed by atoms with Crippen LogP contribution in [0.15, 0.2) is 48.5 Å². The largest absolute Gasteiger partial charge is 0.465 e. The summed E-state index contributed by atoms with van der Waals surface area (Å²) in [4.78, 5) is 11.3. The van der Waals surface area contributed by atoms with Gasteiger partial charge in [0.05, 0.1) is 12.7 Å². The number of carbonyl (C=O) groups excluding carboxylic acids is 1. The molecule has 4 nitrogen and oxygen atoms in total. The number of ether oxygens (including phenoxy) is 1. The highest BCUT2D eigenvalue weighted by Gasteiger charge is 2.04. The lowest BCUT2D eigenvalue weighted by Gasteiger charge is -2.09. The van der Waals surface area contributed by atoms with Gasteiger partial charge in [-0.1, -0.05) is 18.2 Å². The van der Waals surface area contributed by atoms with Crippen molar-refractivity contribution in [3.8, 4) is 0 Å². The minimum atomic E-state index is -0.334. The maximum absolute atomic E-state index is 11.3. The smallest absolute Gasteiger partial charge is 0.337 e. The van der Waals surface area contributed by atoms with E-state index in [0.29, 0.717) is 12.1 Å². The number of nitrogens with two attached hydrogens (primary N) is 1. The zero-order chi connectivity index (χ0) is 13.7. The monoisotopic (exact) mass is 256 g/mol. The Morgan fingerprint density at radius 2 is 1.84 bits per heavy atom. The van der Waals surface area contributed by atoms with Crippen LogP contribution in [0.4, 0.5) is 11.4 Å². The average Bonchev–Trinajstić information content (AvgIpc) is 2.46. The van der Waals surface area contributed by atoms with Crippen molar-refractivity contribution >= 4 is 17.3 Å². The maximum Gasteiger partial charge on any atom is 0.337 e. The van der Waals surface area contributed by atoms with Gasteiger partial charge < -0.3 is 15.8 Å². The van der Waals surface area contributed by atoms with Crippen LogP contribution in [0, 0.1) is 0 Å². The maximum atomic E-state index is 11.3. The predicted molar refractivity (Wildman–Crippen MR) is 76.0 cm³/mol. The second-order valence-electron chi connectivity index (χ2n) is 4.12. The highest BCUT2D eigenvalue weighted by molar-refractivity contribution is 5.89. The number of nitrogen functional groups attached to an aromatic ring is 1. The number of rotatable bonds is 4. The molecule has 0 spiro atoms. The van der Waals surface area contributed by atoms with Crippen LogP contribution in [0.1, 0.15) is 15.9 Å². The summed E-state index contributed by atoms with van der Waals surface area (Å²) in [6.07, 6.45) is 0. The number of esters is 1. The Labute approximate surface area is 112 Å². The van der Waals surface area contributed by atoms with Crippen molar-refractivity contribution < 1.29 is 9.53 Å². The Morgan fingerprint density at radius 3 is 2.47 bits per heavy atom. The third kappa shape index (κ3) is 3.25. The van der Waals surface area contributed by atoms with E-state index in [1.165, 1.54) is 7.11 Å². The van der Waals surface area contributed by atoms with Crippen molar-refractivity contribution in [3.05, 3.63) is 59.7 Å². The summed E-state index contributed by atoms with van der Waals surface area (Å²) < 4.78 is 4.65. The van der Waals surface area contributed by atoms with Gasteiger partial charge in [0.2, 0.25) is 0 Å². The molecular formula is C15H16N2O2. The van der Waals surface area contributed by atoms with Crippen LogP contribution < -0.4 is 11.1 Å². The predicted octanol–water partition coefficient (Wildman–Crippen LogP) is 2.67. The minimum absolute atomic E-state index is 0.334. The van der Waals surface area contributed by atoms with Gasteiger partial charge in [-0.05, 0) is 35.9 Å². The summed E-state index contributed by atoms with van der Waals surface area (Å²) in [6, 6.07) is 14.8. The van der Waals surface area contributed by atoms with Crippen LogP contribution in [0.2, 0.25) is 0 Å². The third-order valence-corrected chi connectivity index (χ3v) is 2.84. The van der Waals surface area contributed by atoms with Crippen molar-refractivity contribution in [1.29, 1.82) is 0 Å². The SMILES string of the molecule is COC(=O)c1ccc(NCc2ccccc2N)cc1. The highest BCUT2D eigenvalue weighted by Crippen LogP contribution is 2.15. The molecule has 0 radical (unpaired) electrons. The topological polar surface area (TPSA) is 64.3 Å². The average molecular weight is 256 g/mol. The molecule has 3 N–H and O–H groups in total. The standard InChI is InChI=1S/C15H16N2O2/c1-19-15(18)11-6-8-13(9-7-11)17-10-12-4-2-3-5-14(12)16/h2-9,17H,10,16H2,1H3. The summed E-state index contributed by atoms with van der Waals surface area (Å²) in [5, 5.41) is 3.25. The van der Waals surface area contributed by atoms with Gasteiger partial charge in [-0.25, -0.2) is 4.79 Å². The minimum Gasteiger partial charge on any atom is -0.465 e. The Hall–Kier alpha value is -2.49. The number of carbonyl (C=O) groups is 1. The van der Waals surface area contributed by atoms with Gasteiger partial charge in [0.15, 0.2) is 0 Å². The molecule has 0 aliphatic carbocycles. The van der Waals surface area contributed by atoms with E-state index in [1.807, 2.05) is 36.4 Å². The number of nitrogens with one attached hydrogen (secondary N) is 1. The van der Waals surface area contributed by atoms with Crippen LogP contribution >= 0.6 is 0 Å². The molecule has 0 atom stereocenters. The van der Waals surface area contributed by atoms with E-state index in [4.69, 9.17) is 5.73 Å². The van der Waals surface area contributed by atoms with E-state index < -0.39 is 0 Å². The molecule has 0 aliphatic rings. The molecule has 0 saturated heterocycles. The summed E-state index contributed by atoms with van der Waals surface area (Å²) in [5.74, 6) is -0.334. The Bertz CT molecular complexity index is 565. The summed E-state index contributed by atoms with van der Waals surface area (Å²) in [5.41, 5.74) is 9.13. The normalized spacial score (nSPS) is 9.95. The molecule has 0 heterocycles. The lowest BCUT2D eigenvalue weighted by molar-refractivity contribution is 0.0601. The van der Waals surface area contributed by atoms with Crippen molar-refractivity contribution in [2.75, 3.05) is 18.2 Å². The number of benzene rings is 2. The molecule has 2 aromatic rings. The van der Waals surface area contributed by atoms with Crippen molar-refractivity contribution in [3.63, 3.8) is 0 Å². The number of hydrogen-bond donors (Lipinski definition) is 2. The Kier molecular flexibility index (Phi) is 4.03. The first-order chi connectivity index (χ1) is 9.20. The molecule has 0 aromatic heterocycles. The molecule has 2 rings (SSSR count). The van der Waals surface area contributed by atoms with E-state index in [2.05, 4.69) is 10.1 Å². The molecule has 0 amide bonds. The first kappa shape index (κ1) is 13.0. The fourth-order valence-corrected chi connectivity index (χ4v) is 1.73. The molecule has 0 aliphatic heterocycles. The van der Waals surface area contributed by atoms with Crippen LogP contribution in [-0.2, 0) is 11.3 Å². The first-order valence-corrected chi connectivity index (χ1v) is 5.96. The second-order valence-corrected chi connectivity index (χ2v) is 4.12. The Morgan fingerprint density at radius 1 is 1.16 bits per heavy atom. The van der Waals surface area contributed by atoms with Crippen molar-refractivity contribution in [2.45, 2.75) is 6.54 Å². The molecular weight excluding hydrogens is 240 g/mol. The summed E-state index contributed by atoms with van der Waals surface area (Å²) in [6.45, 7) is 0.643. The van der Waals surface area contributed by atoms with Gasteiger partial charge in [0.25, 0.3) is 0 Å². The summed E-state index contributed by atoms with van der Waals surface area (Å²) >= 11 is 0. The van der Waals surface area contributed by atoms with Crippen LogP contribution in [0.3, 0.4) is 0 Å². The fraction of sp³-hybridized carbons (Fsp3) is 0.133. The summed E-state index contributed by atoms with van der Waals surface area (Å²) in [7, 11) is 1.37. The van der Waals surface area contributed by atoms with E-state index in [-0.39, 0.29) is 5.97 Å². The Balaban J connectivity index is 2.01. The van der Waals surface area contributed by atoms with Gasteiger partial charge in [-0.3, -0.25) is 0 Å². The number of hydrogen-bond acceptors (Lipinski definition) is 4. The molecule has 19 heavy (non-hydrogen) atoms. The zero-order valence-corrected chi connectivity index (χ0v) is 10.7. The quantitative estimate of drug-likeness (QED) is 0.652. The van der Waals surface area contributed by atoms with Gasteiger partial charge in [0, 0.05) is 17.9 Å². The second kappa shape index (κ2) is 5.91. The van der Waals surface area contributed by atoms with E-state index in [0.717, 1.165) is 16.9 Å². The fourth-order valence-electron chi connectivity index (χ4n) is 1.73. The lowest BCUT2D eigenvalue weighted by Crippen LogP contribution is -2.04. The van der Waals surface area contributed by atoms with E-state index in [1.54, 1.807) is 12.1 Å². The first-order valence-electron chi connectivity index (χ1n) is 5.96. The lowest BCUT2D eigenvalue weighted by atomic mass is 10.1. The van der Waals surface area contributed by atoms with Gasteiger partial charge in [-0.15, -0.1) is 0 Å². The molecule has 2 aromatic carbocycles. The van der Waals surface area contributed by atoms with Gasteiger partial charge in [-0.2, -0.15) is 0 Å². The third-order valence-electron chi connectivity index (χ3n) is 2.84. The van der Waals surface area contributed by atoms with Crippen LogP contribution in [0.5, 0.6) is 0 Å². The van der Waals surface area contributed by atoms with Crippen molar-refractivity contribution in [2.24, 2.45) is 0 Å². The van der Waals surface area contributed by atoms with Crippen LogP contribution in [-0.4, -0.2) is 13.1 Å². The molecule has 98 valence electrons. The van der Waals surface area contributed by atoms with Gasteiger partial charge in [0.1, 0.15) is 0 Å². The van der Waals surface area contributed by atoms with E-state index in [9.17, 15) is 4.79 Å². The van der Waals surface area contributed by atoms with Crippen molar-refractivity contribution in [1.82, 2.24) is 0 Å². The number of para-hydroxylation sites is 1. The number of anilines is 2. The van der Waals surface area contributed by atoms with Crippen LogP contribution in [0.25, 0.3) is 0 Å². The molecule has 0 unspecified atom stereocenters. The molecule has 0 saturated carbocycles. The molecule has 0 fully saturated rings. The zero-order valence-electron chi connectivity index (χ0n) is 10.7. The van der Waals surface area contributed by atoms with E-state index >= 15 is 0 Å². The molecule has 0 bridgehead atoms.